The normalized spacial score (nSPS) is 12.0. The Bertz CT molecular complexity index is 1030. The highest BCUT2D eigenvalue weighted by molar-refractivity contribution is 5.91. The summed E-state index contributed by atoms with van der Waals surface area (Å²) in [5.41, 5.74) is 3.17. The summed E-state index contributed by atoms with van der Waals surface area (Å²) in [5.74, 6) is 1.22. The molecule has 0 radical (unpaired) electrons. The minimum absolute atomic E-state index is 0.125. The van der Waals surface area contributed by atoms with E-state index in [1.165, 1.54) is 10.5 Å². The van der Waals surface area contributed by atoms with Gasteiger partial charge in [-0.05, 0) is 36.3 Å². The van der Waals surface area contributed by atoms with E-state index in [0.717, 1.165) is 11.1 Å². The molecule has 2 N–H and O–H groups in total. The van der Waals surface area contributed by atoms with Crippen LogP contribution in [0.2, 0.25) is 0 Å². The molecule has 0 aromatic heterocycles. The lowest BCUT2D eigenvalue weighted by Gasteiger charge is -2.21. The molecule has 0 heterocycles. The number of hydrogen-bond acceptors (Lipinski definition) is 3. The number of carbonyl (C=O) groups is 1. The number of ether oxygens (including phenoxy) is 2. The fourth-order valence-corrected chi connectivity index (χ4v) is 3.53. The lowest BCUT2D eigenvalue weighted by molar-refractivity contribution is -0.890. The minimum atomic E-state index is -0.125. The van der Waals surface area contributed by atoms with E-state index >= 15 is 0 Å². The summed E-state index contributed by atoms with van der Waals surface area (Å²) < 4.78 is 11.7. The molecule has 0 fully saturated rings. The fourth-order valence-electron chi connectivity index (χ4n) is 3.53. The molecule has 172 valence electrons. The molecule has 5 nitrogen and oxygen atoms in total. The average Bonchev–Trinajstić information content (AvgIpc) is 2.83. The lowest BCUT2D eigenvalue weighted by atomic mass is 10.1. The van der Waals surface area contributed by atoms with Gasteiger partial charge in [0.15, 0.2) is 11.5 Å². The van der Waals surface area contributed by atoms with Crippen LogP contribution < -0.4 is 19.7 Å². The third-order valence-electron chi connectivity index (χ3n) is 5.31. The molecular formula is C28H33N2O3+. The van der Waals surface area contributed by atoms with Crippen molar-refractivity contribution in [3.63, 3.8) is 0 Å². The third kappa shape index (κ3) is 7.51. The summed E-state index contributed by atoms with van der Waals surface area (Å²) >= 11 is 0. The first-order valence-corrected chi connectivity index (χ1v) is 11.3. The summed E-state index contributed by atoms with van der Waals surface area (Å²) in [6, 6.07) is 26.1. The molecule has 0 saturated carbocycles. The van der Waals surface area contributed by atoms with Crippen molar-refractivity contribution in [1.29, 1.82) is 0 Å². The van der Waals surface area contributed by atoms with Gasteiger partial charge in [0.05, 0.1) is 27.2 Å². The highest BCUT2D eigenvalue weighted by Crippen LogP contribution is 2.29. The SMILES string of the molecule is CCOc1cc(/C=C/C(=O)NC[C@@H](c2ccccc2)[NH+](C)C)ccc1OCc1ccccc1. The minimum Gasteiger partial charge on any atom is -0.490 e. The first kappa shape index (κ1) is 24.1. The largest absolute Gasteiger partial charge is 0.490 e. The zero-order valence-corrected chi connectivity index (χ0v) is 19.6. The number of hydrogen-bond donors (Lipinski definition) is 2. The summed E-state index contributed by atoms with van der Waals surface area (Å²) in [6.45, 7) is 3.50. The Kier molecular flexibility index (Phi) is 9.09. The number of nitrogens with one attached hydrogen (secondary N) is 2. The lowest BCUT2D eigenvalue weighted by Crippen LogP contribution is -3.07. The zero-order valence-electron chi connectivity index (χ0n) is 19.6. The number of rotatable bonds is 11. The Hall–Kier alpha value is -3.57. The molecule has 0 aliphatic carbocycles. The molecule has 3 aromatic rings. The summed E-state index contributed by atoms with van der Waals surface area (Å²) in [5, 5.41) is 3.02. The Balaban J connectivity index is 1.61. The molecule has 0 saturated heterocycles. The Labute approximate surface area is 196 Å². The third-order valence-corrected chi connectivity index (χ3v) is 5.31. The van der Waals surface area contributed by atoms with Gasteiger partial charge in [0.2, 0.25) is 5.91 Å². The maximum Gasteiger partial charge on any atom is 0.244 e. The maximum atomic E-state index is 12.4. The molecule has 0 bridgehead atoms. The molecule has 0 spiro atoms. The molecule has 3 rings (SSSR count). The topological polar surface area (TPSA) is 52.0 Å². The van der Waals surface area contributed by atoms with Gasteiger partial charge in [0, 0.05) is 11.6 Å². The van der Waals surface area contributed by atoms with Crippen LogP contribution in [0, 0.1) is 0 Å². The van der Waals surface area contributed by atoms with Crippen LogP contribution in [0.15, 0.2) is 84.9 Å². The average molecular weight is 446 g/mol. The molecule has 5 heteroatoms. The van der Waals surface area contributed by atoms with Crippen molar-refractivity contribution in [1.82, 2.24) is 5.32 Å². The van der Waals surface area contributed by atoms with Crippen molar-refractivity contribution < 1.29 is 19.2 Å². The maximum absolute atomic E-state index is 12.4. The monoisotopic (exact) mass is 445 g/mol. The molecule has 0 aliphatic heterocycles. The van der Waals surface area contributed by atoms with E-state index < -0.39 is 0 Å². The van der Waals surface area contributed by atoms with Gasteiger partial charge in [-0.25, -0.2) is 0 Å². The molecule has 0 unspecified atom stereocenters. The Morgan fingerprint density at radius 2 is 1.64 bits per heavy atom. The molecule has 0 aliphatic rings. The van der Waals surface area contributed by atoms with Gasteiger partial charge in [0.25, 0.3) is 0 Å². The van der Waals surface area contributed by atoms with Crippen molar-refractivity contribution in [2.75, 3.05) is 27.2 Å². The van der Waals surface area contributed by atoms with E-state index in [2.05, 4.69) is 31.5 Å². The predicted octanol–water partition coefficient (Wildman–Crippen LogP) is 3.68. The van der Waals surface area contributed by atoms with Crippen molar-refractivity contribution in [2.45, 2.75) is 19.6 Å². The molecule has 3 aromatic carbocycles. The molecule has 33 heavy (non-hydrogen) atoms. The second-order valence-corrected chi connectivity index (χ2v) is 8.03. The van der Waals surface area contributed by atoms with E-state index in [1.54, 1.807) is 12.2 Å². The van der Waals surface area contributed by atoms with E-state index in [-0.39, 0.29) is 11.9 Å². The highest BCUT2D eigenvalue weighted by Gasteiger charge is 2.17. The standard InChI is InChI=1S/C28H32N2O3/c1-4-32-27-19-22(15-17-26(27)33-21-23-11-7-5-8-12-23)16-18-28(31)29-20-25(30(2)3)24-13-9-6-10-14-24/h5-19,25H,4,20-21H2,1-3H3,(H,29,31)/p+1/b18-16+/t25-/m0/s1. The summed E-state index contributed by atoms with van der Waals surface area (Å²) in [7, 11) is 4.19. The summed E-state index contributed by atoms with van der Waals surface area (Å²) in [4.78, 5) is 13.7. The van der Waals surface area contributed by atoms with Gasteiger partial charge in [-0.2, -0.15) is 0 Å². The Morgan fingerprint density at radius 1 is 0.939 bits per heavy atom. The van der Waals surface area contributed by atoms with Crippen LogP contribution in [0.25, 0.3) is 6.08 Å². The van der Waals surface area contributed by atoms with E-state index in [0.29, 0.717) is 31.3 Å². The van der Waals surface area contributed by atoms with Crippen molar-refractivity contribution in [2.24, 2.45) is 0 Å². The van der Waals surface area contributed by atoms with Crippen molar-refractivity contribution in [3.05, 3.63) is 102 Å². The van der Waals surface area contributed by atoms with Crippen LogP contribution >= 0.6 is 0 Å². The molecular weight excluding hydrogens is 412 g/mol. The first-order chi connectivity index (χ1) is 16.1. The quantitative estimate of drug-likeness (QED) is 0.443. The van der Waals surface area contributed by atoms with Crippen LogP contribution in [-0.4, -0.2) is 33.2 Å². The number of carbonyl (C=O) groups excluding carboxylic acids is 1. The van der Waals surface area contributed by atoms with E-state index in [9.17, 15) is 4.79 Å². The van der Waals surface area contributed by atoms with Gasteiger partial charge in [-0.1, -0.05) is 66.7 Å². The van der Waals surface area contributed by atoms with Crippen molar-refractivity contribution >= 4 is 12.0 Å². The van der Waals surface area contributed by atoms with Gasteiger partial charge in [-0.15, -0.1) is 0 Å². The molecule has 1 amide bonds. The van der Waals surface area contributed by atoms with E-state index in [4.69, 9.17) is 9.47 Å². The number of amides is 1. The van der Waals surface area contributed by atoms with Crippen LogP contribution in [0.3, 0.4) is 0 Å². The van der Waals surface area contributed by atoms with Gasteiger partial charge >= 0.3 is 0 Å². The highest BCUT2D eigenvalue weighted by atomic mass is 16.5. The first-order valence-electron chi connectivity index (χ1n) is 11.3. The van der Waals surface area contributed by atoms with Crippen LogP contribution in [0.5, 0.6) is 11.5 Å². The zero-order chi connectivity index (χ0) is 23.5. The van der Waals surface area contributed by atoms with Crippen molar-refractivity contribution in [3.8, 4) is 11.5 Å². The van der Waals surface area contributed by atoms with Crippen LogP contribution in [0.4, 0.5) is 0 Å². The van der Waals surface area contributed by atoms with E-state index in [1.807, 2.05) is 73.7 Å². The molecule has 1 atom stereocenters. The van der Waals surface area contributed by atoms with Gasteiger partial charge < -0.3 is 19.7 Å². The van der Waals surface area contributed by atoms with Gasteiger partial charge in [-0.3, -0.25) is 4.79 Å². The fraction of sp³-hybridized carbons (Fsp3) is 0.250. The number of quaternary nitrogens is 1. The predicted molar refractivity (Wildman–Crippen MR) is 132 cm³/mol. The summed E-state index contributed by atoms with van der Waals surface area (Å²) in [6.07, 6.45) is 3.35. The number of benzene rings is 3. The van der Waals surface area contributed by atoms with Gasteiger partial charge in [0.1, 0.15) is 12.6 Å². The number of likely N-dealkylation sites (N-methyl/N-ethyl adjacent to an activating group) is 1. The van der Waals surface area contributed by atoms with Crippen LogP contribution in [0.1, 0.15) is 29.7 Å². The second-order valence-electron chi connectivity index (χ2n) is 8.03. The van der Waals surface area contributed by atoms with Crippen LogP contribution in [-0.2, 0) is 11.4 Å². The smallest absolute Gasteiger partial charge is 0.244 e. The Morgan fingerprint density at radius 3 is 2.30 bits per heavy atom. The second kappa shape index (κ2) is 12.5.